The highest BCUT2D eigenvalue weighted by molar-refractivity contribution is 7.85. The van der Waals surface area contributed by atoms with Crippen molar-refractivity contribution in [3.05, 3.63) is 18.3 Å². The summed E-state index contributed by atoms with van der Waals surface area (Å²) in [5.74, 6) is -1.42. The highest BCUT2D eigenvalue weighted by Crippen LogP contribution is 2.21. The molecule has 0 aliphatic rings. The second-order valence-electron chi connectivity index (χ2n) is 2.50. The number of halogens is 3. The van der Waals surface area contributed by atoms with Crippen LogP contribution in [0.4, 0.5) is 18.9 Å². The molecule has 7 heteroatoms. The summed E-state index contributed by atoms with van der Waals surface area (Å²) in [4.78, 5) is 3.54. The van der Waals surface area contributed by atoms with Gasteiger partial charge in [-0.1, -0.05) is 0 Å². The van der Waals surface area contributed by atoms with Crippen LogP contribution >= 0.6 is 0 Å². The lowest BCUT2D eigenvalue weighted by atomic mass is 10.4. The van der Waals surface area contributed by atoms with Crippen molar-refractivity contribution in [3.8, 4) is 0 Å². The number of hydrogen-bond acceptors (Lipinski definition) is 3. The number of anilines is 1. The molecule has 0 fully saturated rings. The largest absolute Gasteiger partial charge is 0.400 e. The van der Waals surface area contributed by atoms with Crippen LogP contribution in [0.3, 0.4) is 0 Å². The van der Waals surface area contributed by atoms with Crippen molar-refractivity contribution in [2.45, 2.75) is 11.2 Å². The first kappa shape index (κ1) is 11.0. The van der Waals surface area contributed by atoms with Crippen molar-refractivity contribution in [2.75, 3.05) is 11.5 Å². The van der Waals surface area contributed by atoms with Gasteiger partial charge >= 0.3 is 6.18 Å². The normalized spacial score (nSPS) is 13.9. The third kappa shape index (κ3) is 2.99. The molecule has 0 amide bonds. The molecule has 1 atom stereocenters. The van der Waals surface area contributed by atoms with E-state index in [2.05, 4.69) is 4.98 Å². The van der Waals surface area contributed by atoms with Crippen LogP contribution in [-0.4, -0.2) is 21.1 Å². The molecule has 2 N–H and O–H groups in total. The molecule has 1 heterocycles. The Morgan fingerprint density at radius 2 is 2.14 bits per heavy atom. The Morgan fingerprint density at radius 3 is 2.64 bits per heavy atom. The number of aromatic nitrogens is 1. The smallest absolute Gasteiger partial charge is 0.396 e. The summed E-state index contributed by atoms with van der Waals surface area (Å²) < 4.78 is 46.7. The van der Waals surface area contributed by atoms with Crippen LogP contribution in [0.15, 0.2) is 23.4 Å². The maximum Gasteiger partial charge on any atom is 0.400 e. The van der Waals surface area contributed by atoms with E-state index in [0.29, 0.717) is 0 Å². The van der Waals surface area contributed by atoms with Crippen LogP contribution in [0.1, 0.15) is 0 Å². The minimum atomic E-state index is -4.48. The number of rotatable bonds is 2. The zero-order valence-electron chi connectivity index (χ0n) is 6.91. The lowest BCUT2D eigenvalue weighted by Crippen LogP contribution is -2.19. The Balaban J connectivity index is 2.86. The molecule has 14 heavy (non-hydrogen) atoms. The Bertz CT molecular complexity index is 353. The first-order valence-electron chi connectivity index (χ1n) is 3.56. The van der Waals surface area contributed by atoms with Gasteiger partial charge in [-0.25, -0.2) is 4.98 Å². The highest BCUT2D eigenvalue weighted by Gasteiger charge is 2.32. The quantitative estimate of drug-likeness (QED) is 0.824. The number of nitrogen functional groups attached to an aromatic ring is 1. The van der Waals surface area contributed by atoms with Gasteiger partial charge in [0, 0.05) is 6.20 Å². The van der Waals surface area contributed by atoms with Crippen LogP contribution < -0.4 is 5.73 Å². The topological polar surface area (TPSA) is 56.0 Å². The summed E-state index contributed by atoms with van der Waals surface area (Å²) in [6.45, 7) is 0. The summed E-state index contributed by atoms with van der Waals surface area (Å²) in [5, 5.41) is -0.218. The Morgan fingerprint density at radius 1 is 1.50 bits per heavy atom. The zero-order valence-corrected chi connectivity index (χ0v) is 7.73. The molecule has 0 aliphatic carbocycles. The van der Waals surface area contributed by atoms with E-state index >= 15 is 0 Å². The second kappa shape index (κ2) is 3.95. The van der Waals surface area contributed by atoms with Gasteiger partial charge in [0.25, 0.3) is 0 Å². The van der Waals surface area contributed by atoms with Gasteiger partial charge in [-0.05, 0) is 12.1 Å². The molecule has 1 unspecified atom stereocenters. The highest BCUT2D eigenvalue weighted by atomic mass is 32.2. The van der Waals surface area contributed by atoms with E-state index in [9.17, 15) is 17.4 Å². The maximum atomic E-state index is 11.9. The predicted octanol–water partition coefficient (Wildman–Crippen LogP) is 1.33. The fraction of sp³-hybridized carbons (Fsp3) is 0.286. The van der Waals surface area contributed by atoms with Crippen LogP contribution in [-0.2, 0) is 10.8 Å². The third-order valence-corrected chi connectivity index (χ3v) is 2.67. The molecule has 0 bridgehead atoms. The molecule has 0 radical (unpaired) electrons. The first-order valence-corrected chi connectivity index (χ1v) is 4.87. The number of alkyl halides is 3. The fourth-order valence-corrected chi connectivity index (χ4v) is 1.75. The van der Waals surface area contributed by atoms with Crippen molar-refractivity contribution in [1.29, 1.82) is 0 Å². The first-order chi connectivity index (χ1) is 6.40. The van der Waals surface area contributed by atoms with E-state index < -0.39 is 22.7 Å². The van der Waals surface area contributed by atoms with Gasteiger partial charge < -0.3 is 5.73 Å². The zero-order chi connectivity index (χ0) is 10.8. The van der Waals surface area contributed by atoms with Crippen molar-refractivity contribution in [1.82, 2.24) is 4.98 Å². The molecule has 0 spiro atoms. The van der Waals surface area contributed by atoms with Crippen molar-refractivity contribution < 1.29 is 17.4 Å². The second-order valence-corrected chi connectivity index (χ2v) is 3.87. The van der Waals surface area contributed by atoms with Gasteiger partial charge in [0.05, 0.1) is 16.5 Å². The van der Waals surface area contributed by atoms with E-state index in [1.54, 1.807) is 0 Å². The molecule has 1 rings (SSSR count). The molecule has 0 aromatic carbocycles. The summed E-state index contributed by atoms with van der Waals surface area (Å²) in [6, 6.07) is 2.82. The molecular weight excluding hydrogens is 217 g/mol. The molecule has 78 valence electrons. The molecule has 1 aromatic rings. The summed E-state index contributed by atoms with van der Waals surface area (Å²) in [5.41, 5.74) is 5.33. The van der Waals surface area contributed by atoms with Crippen molar-refractivity contribution in [3.63, 3.8) is 0 Å². The lowest BCUT2D eigenvalue weighted by Gasteiger charge is -2.06. The number of nitrogens with two attached hydrogens (primary N) is 1. The standard InChI is InChI=1S/C7H7F3N2OS/c8-7(9,10)4-14(13)6-5(11)2-1-3-12-6/h1-3H,4,11H2. The Hall–Kier alpha value is -1.11. The van der Waals surface area contributed by atoms with Gasteiger partial charge in [0.2, 0.25) is 0 Å². The van der Waals surface area contributed by atoms with E-state index in [0.717, 1.165) is 0 Å². The third-order valence-electron chi connectivity index (χ3n) is 1.31. The van der Waals surface area contributed by atoms with Gasteiger partial charge in [0.1, 0.15) is 10.8 Å². The molecule has 0 saturated carbocycles. The lowest BCUT2D eigenvalue weighted by molar-refractivity contribution is -0.105. The number of pyridine rings is 1. The summed E-state index contributed by atoms with van der Waals surface area (Å²) >= 11 is 0. The summed E-state index contributed by atoms with van der Waals surface area (Å²) in [7, 11) is -2.23. The van der Waals surface area contributed by atoms with Crippen molar-refractivity contribution >= 4 is 16.5 Å². The molecule has 3 nitrogen and oxygen atoms in total. The molecule has 0 aliphatic heterocycles. The number of nitrogens with zero attached hydrogens (tertiary/aromatic N) is 1. The fourth-order valence-electron chi connectivity index (χ4n) is 0.810. The average Bonchev–Trinajstić information content (AvgIpc) is 2.01. The van der Waals surface area contributed by atoms with Gasteiger partial charge in [-0.2, -0.15) is 13.2 Å². The maximum absolute atomic E-state index is 11.9. The monoisotopic (exact) mass is 224 g/mol. The molecule has 0 saturated heterocycles. The van der Waals surface area contributed by atoms with Gasteiger partial charge in [-0.15, -0.1) is 0 Å². The Kier molecular flexibility index (Phi) is 3.10. The van der Waals surface area contributed by atoms with Crippen LogP contribution in [0.25, 0.3) is 0 Å². The van der Waals surface area contributed by atoms with E-state index in [1.807, 2.05) is 0 Å². The minimum Gasteiger partial charge on any atom is -0.396 e. The average molecular weight is 224 g/mol. The van der Waals surface area contributed by atoms with E-state index in [-0.39, 0.29) is 10.7 Å². The molecule has 1 aromatic heterocycles. The molecular formula is C7H7F3N2OS. The van der Waals surface area contributed by atoms with Crippen LogP contribution in [0, 0.1) is 0 Å². The number of hydrogen-bond donors (Lipinski definition) is 1. The minimum absolute atomic E-state index is 0.00934. The van der Waals surface area contributed by atoms with Crippen LogP contribution in [0.5, 0.6) is 0 Å². The predicted molar refractivity (Wildman–Crippen MR) is 46.0 cm³/mol. The van der Waals surface area contributed by atoms with Crippen LogP contribution in [0.2, 0.25) is 0 Å². The van der Waals surface area contributed by atoms with Gasteiger partial charge in [0.15, 0.2) is 0 Å². The van der Waals surface area contributed by atoms with E-state index in [4.69, 9.17) is 5.73 Å². The van der Waals surface area contributed by atoms with Crippen molar-refractivity contribution in [2.24, 2.45) is 0 Å². The summed E-state index contributed by atoms with van der Waals surface area (Å²) in [6.07, 6.45) is -3.23. The SMILES string of the molecule is Nc1cccnc1S(=O)CC(F)(F)F. The van der Waals surface area contributed by atoms with Gasteiger partial charge in [-0.3, -0.25) is 4.21 Å². The Labute approximate surface area is 80.6 Å². The van der Waals surface area contributed by atoms with E-state index in [1.165, 1.54) is 18.3 Å².